The number of likely N-dealkylation sites (tertiary alicyclic amines) is 1. The van der Waals surface area contributed by atoms with Gasteiger partial charge in [-0.1, -0.05) is 6.07 Å². The molecule has 2 heterocycles. The number of rotatable bonds is 5. The molecule has 146 valence electrons. The van der Waals surface area contributed by atoms with Crippen LogP contribution >= 0.6 is 0 Å². The number of methoxy groups -OCH3 is 1. The fourth-order valence-corrected chi connectivity index (χ4v) is 4.56. The number of aliphatic hydroxyl groups is 1. The van der Waals surface area contributed by atoms with Crippen LogP contribution in [0.1, 0.15) is 24.0 Å². The molecule has 1 aliphatic carbocycles. The maximum Gasteiger partial charge on any atom is 0.144 e. The molecule has 7 nitrogen and oxygen atoms in total. The van der Waals surface area contributed by atoms with Crippen molar-refractivity contribution in [2.45, 2.75) is 31.5 Å². The van der Waals surface area contributed by atoms with Crippen LogP contribution in [0.4, 0.5) is 5.82 Å². The molecule has 2 aromatic rings. The van der Waals surface area contributed by atoms with Gasteiger partial charge in [-0.15, -0.1) is 0 Å². The van der Waals surface area contributed by atoms with Gasteiger partial charge in [0.25, 0.3) is 0 Å². The summed E-state index contributed by atoms with van der Waals surface area (Å²) in [5.41, 5.74) is 1.70. The molecule has 7 heteroatoms. The predicted molar refractivity (Wildman–Crippen MR) is 105 cm³/mol. The molecule has 2 fully saturated rings. The van der Waals surface area contributed by atoms with Gasteiger partial charge in [0, 0.05) is 37.6 Å². The number of hydrogen-bond donors (Lipinski definition) is 2. The highest BCUT2D eigenvalue weighted by Gasteiger charge is 2.41. The molecule has 4 atom stereocenters. The van der Waals surface area contributed by atoms with Crippen LogP contribution in [-0.4, -0.2) is 52.3 Å². The van der Waals surface area contributed by atoms with Gasteiger partial charge in [-0.2, -0.15) is 5.26 Å². The molecule has 0 spiro atoms. The molecular weight excluding hydrogens is 354 g/mol. The molecule has 1 saturated carbocycles. The first-order valence-electron chi connectivity index (χ1n) is 9.66. The Morgan fingerprint density at radius 3 is 2.82 bits per heavy atom. The minimum atomic E-state index is -0.382. The molecule has 1 aliphatic heterocycles. The summed E-state index contributed by atoms with van der Waals surface area (Å²) in [6, 6.07) is 7.77. The fraction of sp³-hybridized carbons (Fsp3) is 0.476. The second-order valence-electron chi connectivity index (χ2n) is 7.73. The van der Waals surface area contributed by atoms with Crippen LogP contribution in [0.15, 0.2) is 36.8 Å². The van der Waals surface area contributed by atoms with Gasteiger partial charge in [-0.25, -0.2) is 4.98 Å². The molecule has 1 aromatic heterocycles. The number of aromatic nitrogens is 2. The standard InChI is InChI=1S/C21H25N5O2/c1-28-20-6-14(9-22)2-3-15(20)11-26-12-16-7-18(19(27)8-17(16)13-26)25-21-10-23-4-5-24-21/h2-6,10,16-19,27H,7-8,11-13H2,1H3,(H,24,25)/t16-,17+,18-,19-/m1/s1. The molecule has 2 aliphatic rings. The summed E-state index contributed by atoms with van der Waals surface area (Å²) in [6.07, 6.45) is 6.32. The van der Waals surface area contributed by atoms with Crippen molar-refractivity contribution in [3.8, 4) is 11.8 Å². The molecule has 2 N–H and O–H groups in total. The summed E-state index contributed by atoms with van der Waals surface area (Å²) >= 11 is 0. The SMILES string of the molecule is COc1cc(C#N)ccc1CN1C[C@H]2C[C@@H](Nc3cnccn3)[C@H](O)C[C@H]2C1. The Kier molecular flexibility index (Phi) is 5.42. The lowest BCUT2D eigenvalue weighted by molar-refractivity contribution is 0.0735. The van der Waals surface area contributed by atoms with E-state index in [1.165, 1.54) is 0 Å². The minimum Gasteiger partial charge on any atom is -0.496 e. The number of nitrogens with zero attached hydrogens (tertiary/aromatic N) is 4. The number of aliphatic hydroxyl groups excluding tert-OH is 1. The van der Waals surface area contributed by atoms with Crippen LogP contribution in [0.25, 0.3) is 0 Å². The monoisotopic (exact) mass is 379 g/mol. The third-order valence-corrected chi connectivity index (χ3v) is 5.92. The molecule has 1 aromatic carbocycles. The molecule has 0 unspecified atom stereocenters. The molecule has 28 heavy (non-hydrogen) atoms. The van der Waals surface area contributed by atoms with E-state index in [1.807, 2.05) is 12.1 Å². The van der Waals surface area contributed by atoms with Crippen molar-refractivity contribution < 1.29 is 9.84 Å². The Labute approximate surface area is 165 Å². The first-order valence-corrected chi connectivity index (χ1v) is 9.66. The van der Waals surface area contributed by atoms with E-state index in [0.29, 0.717) is 23.2 Å². The van der Waals surface area contributed by atoms with Gasteiger partial charge in [0.05, 0.1) is 37.1 Å². The lowest BCUT2D eigenvalue weighted by Crippen LogP contribution is -2.43. The van der Waals surface area contributed by atoms with E-state index in [9.17, 15) is 5.11 Å². The maximum atomic E-state index is 10.6. The van der Waals surface area contributed by atoms with Gasteiger partial charge in [0.15, 0.2) is 0 Å². The quantitative estimate of drug-likeness (QED) is 0.821. The highest BCUT2D eigenvalue weighted by molar-refractivity contribution is 5.42. The third-order valence-electron chi connectivity index (χ3n) is 5.92. The molecular formula is C21H25N5O2. The van der Waals surface area contributed by atoms with E-state index in [-0.39, 0.29) is 12.1 Å². The summed E-state index contributed by atoms with van der Waals surface area (Å²) in [7, 11) is 1.64. The second kappa shape index (κ2) is 8.13. The summed E-state index contributed by atoms with van der Waals surface area (Å²) < 4.78 is 5.48. The number of benzene rings is 1. The Morgan fingerprint density at radius 2 is 2.11 bits per heavy atom. The van der Waals surface area contributed by atoms with Gasteiger partial charge in [0.1, 0.15) is 11.6 Å². The van der Waals surface area contributed by atoms with Crippen molar-refractivity contribution in [1.82, 2.24) is 14.9 Å². The number of anilines is 1. The minimum absolute atomic E-state index is 0.00217. The van der Waals surface area contributed by atoms with E-state index in [0.717, 1.165) is 43.8 Å². The molecule has 0 amide bonds. The topological polar surface area (TPSA) is 94.3 Å². The van der Waals surface area contributed by atoms with Crippen molar-refractivity contribution in [2.24, 2.45) is 11.8 Å². The number of nitrogens with one attached hydrogen (secondary N) is 1. The van der Waals surface area contributed by atoms with Crippen molar-refractivity contribution in [3.63, 3.8) is 0 Å². The lowest BCUT2D eigenvalue weighted by atomic mass is 9.77. The largest absolute Gasteiger partial charge is 0.496 e. The van der Waals surface area contributed by atoms with Gasteiger partial charge < -0.3 is 15.2 Å². The third kappa shape index (κ3) is 3.93. The molecule has 0 bridgehead atoms. The first kappa shape index (κ1) is 18.7. The summed E-state index contributed by atoms with van der Waals surface area (Å²) in [6.45, 7) is 2.77. The highest BCUT2D eigenvalue weighted by atomic mass is 16.5. The number of nitriles is 1. The molecule has 0 radical (unpaired) electrons. The van der Waals surface area contributed by atoms with E-state index < -0.39 is 0 Å². The average molecular weight is 379 g/mol. The Morgan fingerprint density at radius 1 is 1.29 bits per heavy atom. The summed E-state index contributed by atoms with van der Waals surface area (Å²) in [5.74, 6) is 2.51. The predicted octanol–water partition coefficient (Wildman–Crippen LogP) is 2.04. The van der Waals surface area contributed by atoms with Crippen molar-refractivity contribution in [1.29, 1.82) is 5.26 Å². The molecule has 1 saturated heterocycles. The second-order valence-corrected chi connectivity index (χ2v) is 7.73. The Bertz CT molecular complexity index is 854. The lowest BCUT2D eigenvalue weighted by Gasteiger charge is -2.35. The van der Waals surface area contributed by atoms with Gasteiger partial charge in [-0.3, -0.25) is 9.88 Å². The number of fused-ring (bicyclic) bond motifs is 1. The number of hydrogen-bond acceptors (Lipinski definition) is 7. The van der Waals surface area contributed by atoms with Crippen LogP contribution in [-0.2, 0) is 6.54 Å². The van der Waals surface area contributed by atoms with E-state index in [4.69, 9.17) is 10.00 Å². The van der Waals surface area contributed by atoms with Gasteiger partial charge in [0.2, 0.25) is 0 Å². The van der Waals surface area contributed by atoms with Crippen LogP contribution < -0.4 is 10.1 Å². The van der Waals surface area contributed by atoms with E-state index in [1.54, 1.807) is 31.8 Å². The fourth-order valence-electron chi connectivity index (χ4n) is 4.56. The van der Waals surface area contributed by atoms with Crippen molar-refractivity contribution in [3.05, 3.63) is 47.9 Å². The highest BCUT2D eigenvalue weighted by Crippen LogP contribution is 2.38. The average Bonchev–Trinajstić information content (AvgIpc) is 3.10. The Hall–Kier alpha value is -2.69. The van der Waals surface area contributed by atoms with Crippen LogP contribution in [0.5, 0.6) is 5.75 Å². The zero-order valence-electron chi connectivity index (χ0n) is 16.0. The van der Waals surface area contributed by atoms with Crippen molar-refractivity contribution >= 4 is 5.82 Å². The van der Waals surface area contributed by atoms with Crippen LogP contribution in [0.2, 0.25) is 0 Å². The summed E-state index contributed by atoms with van der Waals surface area (Å²) in [4.78, 5) is 10.8. The zero-order valence-corrected chi connectivity index (χ0v) is 16.0. The number of ether oxygens (including phenoxy) is 1. The Balaban J connectivity index is 1.40. The zero-order chi connectivity index (χ0) is 19.5. The molecule has 4 rings (SSSR count). The van der Waals surface area contributed by atoms with Crippen LogP contribution in [0.3, 0.4) is 0 Å². The van der Waals surface area contributed by atoms with Gasteiger partial charge in [-0.05, 0) is 36.8 Å². The smallest absolute Gasteiger partial charge is 0.144 e. The van der Waals surface area contributed by atoms with E-state index >= 15 is 0 Å². The van der Waals surface area contributed by atoms with Gasteiger partial charge >= 0.3 is 0 Å². The van der Waals surface area contributed by atoms with Crippen molar-refractivity contribution in [2.75, 3.05) is 25.5 Å². The van der Waals surface area contributed by atoms with E-state index in [2.05, 4.69) is 26.3 Å². The van der Waals surface area contributed by atoms with Crippen LogP contribution in [0, 0.1) is 23.2 Å². The maximum absolute atomic E-state index is 10.6. The first-order chi connectivity index (χ1) is 13.7. The summed E-state index contributed by atoms with van der Waals surface area (Å²) in [5, 5.41) is 23.0. The normalized spacial score (nSPS) is 27.0.